The van der Waals surface area contributed by atoms with E-state index in [-0.39, 0.29) is 5.54 Å². The molecule has 0 aliphatic heterocycles. The number of anilines is 1. The molecule has 0 aromatic heterocycles. The second-order valence-corrected chi connectivity index (χ2v) is 6.36. The molecule has 110 valence electrons. The highest BCUT2D eigenvalue weighted by Crippen LogP contribution is 2.29. The number of para-hydroxylation sites is 1. The first-order valence-corrected chi connectivity index (χ1v) is 7.65. The van der Waals surface area contributed by atoms with Gasteiger partial charge in [0.15, 0.2) is 0 Å². The smallest absolute Gasteiger partial charge is 0.142 e. The van der Waals surface area contributed by atoms with Gasteiger partial charge < -0.3 is 4.90 Å². The maximum absolute atomic E-state index is 2.43. The lowest BCUT2D eigenvalue weighted by atomic mass is 9.87. The minimum absolute atomic E-state index is 0.00377. The fraction of sp³-hybridized carbons (Fsp3) is 0.333. The van der Waals surface area contributed by atoms with E-state index in [1.807, 2.05) is 0 Å². The van der Waals surface area contributed by atoms with Crippen LogP contribution in [0.1, 0.15) is 34.6 Å². The number of benzene rings is 1. The van der Waals surface area contributed by atoms with Crippen molar-refractivity contribution in [3.8, 4) is 0 Å². The van der Waals surface area contributed by atoms with Crippen LogP contribution in [0.25, 0.3) is 0 Å². The third-order valence-corrected chi connectivity index (χ3v) is 3.41. The van der Waals surface area contributed by atoms with E-state index in [9.17, 15) is 0 Å². The van der Waals surface area contributed by atoms with Crippen LogP contribution >= 0.6 is 0 Å². The number of hydrogen-bond donors (Lipinski definition) is 0. The van der Waals surface area contributed by atoms with Gasteiger partial charge in [-0.3, -0.25) is 0 Å². The molecule has 0 spiro atoms. The van der Waals surface area contributed by atoms with E-state index in [1.54, 1.807) is 0 Å². The largest absolute Gasteiger partial charge is 0.337 e. The lowest BCUT2D eigenvalue weighted by molar-refractivity contribution is 0.546. The van der Waals surface area contributed by atoms with Crippen molar-refractivity contribution in [1.82, 2.24) is 0 Å². The minimum atomic E-state index is 0.00377. The molecule has 0 bridgehead atoms. The summed E-state index contributed by atoms with van der Waals surface area (Å²) in [6.07, 6.45) is 8.58. The van der Waals surface area contributed by atoms with Crippen LogP contribution in [0.3, 0.4) is 0 Å². The molecule has 1 aromatic carbocycles. The molecule has 1 aromatic rings. The molecule has 21 heavy (non-hydrogen) atoms. The third kappa shape index (κ3) is 4.42. The highest BCUT2D eigenvalue weighted by atomic mass is 15.2. The Bertz CT molecular complexity index is 563. The Kier molecular flexibility index (Phi) is 6.14. The highest BCUT2D eigenvalue weighted by Gasteiger charge is 2.25. The molecule has 1 rings (SSSR count). The predicted molar refractivity (Wildman–Crippen MR) is 102 cm³/mol. The summed E-state index contributed by atoms with van der Waals surface area (Å²) in [6.45, 7) is 10.9. The summed E-state index contributed by atoms with van der Waals surface area (Å²) >= 11 is 0. The number of hydrogen-bond acceptors (Lipinski definition) is 1. The van der Waals surface area contributed by atoms with Gasteiger partial charge in [0.1, 0.15) is 15.7 Å². The van der Waals surface area contributed by atoms with Gasteiger partial charge in [0, 0.05) is 16.9 Å². The van der Waals surface area contributed by atoms with Crippen molar-refractivity contribution in [3.05, 3.63) is 59.7 Å². The van der Waals surface area contributed by atoms with Crippen LogP contribution in [0.2, 0.25) is 0 Å². The van der Waals surface area contributed by atoms with E-state index in [4.69, 9.17) is 0 Å². The molecule has 0 amide bonds. The molecule has 0 saturated carbocycles. The van der Waals surface area contributed by atoms with Crippen molar-refractivity contribution < 1.29 is 0 Å². The average molecular weight is 279 g/mol. The van der Waals surface area contributed by atoms with Gasteiger partial charge in [0.05, 0.1) is 0 Å². The summed E-state index contributed by atoms with van der Waals surface area (Å²) in [6, 6.07) is 8.58. The Morgan fingerprint density at radius 1 is 1.05 bits per heavy atom. The first-order chi connectivity index (χ1) is 9.82. The SMILES string of the molecule is BC(/C=C\C)=C(/C=C\C)N(c1ccccc1B)C(C)(C)C. The van der Waals surface area contributed by atoms with Gasteiger partial charge in [-0.15, -0.1) is 0 Å². The first kappa shape index (κ1) is 17.4. The lowest BCUT2D eigenvalue weighted by Gasteiger charge is -2.40. The summed E-state index contributed by atoms with van der Waals surface area (Å²) in [4.78, 5) is 2.43. The van der Waals surface area contributed by atoms with Gasteiger partial charge in [0.2, 0.25) is 0 Å². The van der Waals surface area contributed by atoms with Crippen molar-refractivity contribution in [1.29, 1.82) is 0 Å². The summed E-state index contributed by atoms with van der Waals surface area (Å²) in [5.74, 6) is 0. The maximum atomic E-state index is 2.43. The van der Waals surface area contributed by atoms with E-state index >= 15 is 0 Å². The molecule has 0 heterocycles. The Hall–Kier alpha value is -1.63. The fourth-order valence-electron chi connectivity index (χ4n) is 2.54. The van der Waals surface area contributed by atoms with E-state index in [1.165, 1.54) is 22.3 Å². The molecule has 0 unspecified atom stereocenters. The molecule has 0 fully saturated rings. The molecule has 0 saturated heterocycles. The normalized spacial score (nSPS) is 13.8. The van der Waals surface area contributed by atoms with Crippen LogP contribution in [-0.2, 0) is 0 Å². The Balaban J connectivity index is 3.58. The van der Waals surface area contributed by atoms with Gasteiger partial charge in [0.25, 0.3) is 0 Å². The Labute approximate surface area is 132 Å². The highest BCUT2D eigenvalue weighted by molar-refractivity contribution is 6.36. The Morgan fingerprint density at radius 3 is 2.10 bits per heavy atom. The first-order valence-electron chi connectivity index (χ1n) is 7.65. The van der Waals surface area contributed by atoms with Crippen molar-refractivity contribution in [2.45, 2.75) is 40.2 Å². The molecule has 0 N–H and O–H groups in total. The second-order valence-electron chi connectivity index (χ2n) is 6.36. The van der Waals surface area contributed by atoms with Crippen LogP contribution < -0.4 is 10.4 Å². The van der Waals surface area contributed by atoms with Gasteiger partial charge in [-0.25, -0.2) is 0 Å². The van der Waals surface area contributed by atoms with Crippen LogP contribution in [-0.4, -0.2) is 21.2 Å². The zero-order valence-corrected chi connectivity index (χ0v) is 14.6. The van der Waals surface area contributed by atoms with Gasteiger partial charge >= 0.3 is 0 Å². The summed E-state index contributed by atoms with van der Waals surface area (Å²) in [7, 11) is 4.35. The van der Waals surface area contributed by atoms with Crippen molar-refractivity contribution >= 4 is 26.8 Å². The standard InChI is InChI=1S/C18H27B2N/c1-6-10-14(19)16(11-7-2)21(18(3,4)5)17-13-9-8-12-15(17)20/h6-13H,19-20H2,1-5H3/b10-6-,11-7-,16-14-. The lowest BCUT2D eigenvalue weighted by Crippen LogP contribution is -2.43. The van der Waals surface area contributed by atoms with E-state index < -0.39 is 0 Å². The number of rotatable bonds is 4. The molecular weight excluding hydrogens is 252 g/mol. The van der Waals surface area contributed by atoms with Gasteiger partial charge in [-0.1, -0.05) is 47.4 Å². The summed E-state index contributed by atoms with van der Waals surface area (Å²) in [5, 5.41) is 0. The van der Waals surface area contributed by atoms with Crippen LogP contribution in [0.4, 0.5) is 5.69 Å². The zero-order chi connectivity index (χ0) is 16.0. The molecule has 0 aliphatic rings. The van der Waals surface area contributed by atoms with Crippen molar-refractivity contribution in [3.63, 3.8) is 0 Å². The topological polar surface area (TPSA) is 3.24 Å². The summed E-state index contributed by atoms with van der Waals surface area (Å²) < 4.78 is 0. The molecular formula is C18H27B2N. The zero-order valence-electron chi connectivity index (χ0n) is 14.6. The number of nitrogens with zero attached hydrogens (tertiary/aromatic N) is 1. The monoisotopic (exact) mass is 279 g/mol. The molecule has 0 radical (unpaired) electrons. The fourth-order valence-corrected chi connectivity index (χ4v) is 2.54. The molecule has 0 aliphatic carbocycles. The molecule has 3 heteroatoms. The minimum Gasteiger partial charge on any atom is -0.337 e. The van der Waals surface area contributed by atoms with E-state index in [0.29, 0.717) is 0 Å². The number of allylic oxidation sites excluding steroid dienone is 5. The van der Waals surface area contributed by atoms with Crippen molar-refractivity contribution in [2.24, 2.45) is 0 Å². The third-order valence-electron chi connectivity index (χ3n) is 3.41. The van der Waals surface area contributed by atoms with Crippen molar-refractivity contribution in [2.75, 3.05) is 4.90 Å². The summed E-state index contributed by atoms with van der Waals surface area (Å²) in [5.41, 5.74) is 5.08. The molecule has 0 atom stereocenters. The van der Waals surface area contributed by atoms with Crippen LogP contribution in [0.15, 0.2) is 59.7 Å². The van der Waals surface area contributed by atoms with Gasteiger partial charge in [-0.05, 0) is 46.8 Å². The molecule has 1 nitrogen and oxygen atoms in total. The quantitative estimate of drug-likeness (QED) is 0.604. The van der Waals surface area contributed by atoms with E-state index in [2.05, 4.69) is 104 Å². The van der Waals surface area contributed by atoms with Gasteiger partial charge in [-0.2, -0.15) is 0 Å². The van der Waals surface area contributed by atoms with E-state index in [0.717, 1.165) is 0 Å². The maximum Gasteiger partial charge on any atom is 0.142 e. The Morgan fingerprint density at radius 2 is 1.62 bits per heavy atom. The predicted octanol–water partition coefficient (Wildman–Crippen LogP) is 2.55. The van der Waals surface area contributed by atoms with Crippen LogP contribution in [0, 0.1) is 0 Å². The second kappa shape index (κ2) is 7.40. The average Bonchev–Trinajstić information content (AvgIpc) is 2.39. The van der Waals surface area contributed by atoms with Crippen LogP contribution in [0.5, 0.6) is 0 Å².